The van der Waals surface area contributed by atoms with Crippen LogP contribution in [0.25, 0.3) is 0 Å². The summed E-state index contributed by atoms with van der Waals surface area (Å²) in [4.78, 5) is 11.3. The smallest absolute Gasteiger partial charge is 0.222 e. The van der Waals surface area contributed by atoms with E-state index in [0.717, 1.165) is 32.2 Å². The van der Waals surface area contributed by atoms with E-state index in [1.807, 2.05) is 13.8 Å². The quantitative estimate of drug-likeness (QED) is 0.606. The van der Waals surface area contributed by atoms with Crippen LogP contribution in [0.4, 0.5) is 0 Å². The van der Waals surface area contributed by atoms with E-state index in [2.05, 4.69) is 10.6 Å². The summed E-state index contributed by atoms with van der Waals surface area (Å²) in [6.45, 7) is 5.30. The molecule has 0 aromatic carbocycles. The van der Waals surface area contributed by atoms with E-state index in [1.165, 1.54) is 0 Å². The van der Waals surface area contributed by atoms with Gasteiger partial charge in [0.05, 0.1) is 6.10 Å². The van der Waals surface area contributed by atoms with E-state index >= 15 is 0 Å². The number of aliphatic hydroxyl groups is 1. The van der Waals surface area contributed by atoms with Crippen molar-refractivity contribution in [1.82, 2.24) is 10.6 Å². The minimum Gasteiger partial charge on any atom is -0.393 e. The highest BCUT2D eigenvalue weighted by atomic mass is 16.3. The summed E-state index contributed by atoms with van der Waals surface area (Å²) in [5.74, 6) is 0.172. The molecule has 94 valence electrons. The molecule has 0 aromatic heterocycles. The Kier molecular flexibility index (Phi) is 5.77. The molecule has 1 rings (SSSR count). The van der Waals surface area contributed by atoms with Crippen molar-refractivity contribution >= 4 is 5.91 Å². The Labute approximate surface area is 97.8 Å². The second kappa shape index (κ2) is 6.86. The maximum Gasteiger partial charge on any atom is 0.222 e. The van der Waals surface area contributed by atoms with Gasteiger partial charge in [0, 0.05) is 25.0 Å². The molecule has 0 spiro atoms. The van der Waals surface area contributed by atoms with Gasteiger partial charge in [-0.1, -0.05) is 13.8 Å². The number of hydrogen-bond acceptors (Lipinski definition) is 3. The lowest BCUT2D eigenvalue weighted by Crippen LogP contribution is -2.40. The first-order chi connectivity index (χ1) is 7.59. The van der Waals surface area contributed by atoms with Gasteiger partial charge in [0.1, 0.15) is 0 Å². The lowest BCUT2D eigenvalue weighted by atomic mass is 9.93. The predicted octanol–water partition coefficient (Wildman–Crippen LogP) is 0.652. The Morgan fingerprint density at radius 1 is 1.25 bits per heavy atom. The molecule has 1 aliphatic rings. The number of carbonyl (C=O) groups is 1. The van der Waals surface area contributed by atoms with Gasteiger partial charge in [-0.15, -0.1) is 0 Å². The summed E-state index contributed by atoms with van der Waals surface area (Å²) >= 11 is 0. The van der Waals surface area contributed by atoms with Crippen molar-refractivity contribution in [3.63, 3.8) is 0 Å². The molecular weight excluding hydrogens is 204 g/mol. The average Bonchev–Trinajstić information content (AvgIpc) is 2.26. The van der Waals surface area contributed by atoms with Gasteiger partial charge in [-0.3, -0.25) is 4.79 Å². The van der Waals surface area contributed by atoms with E-state index < -0.39 is 0 Å². The predicted molar refractivity (Wildman–Crippen MR) is 64.1 cm³/mol. The first-order valence-corrected chi connectivity index (χ1v) is 6.28. The molecule has 0 radical (unpaired) electrons. The molecule has 0 unspecified atom stereocenters. The number of aliphatic hydroxyl groups excluding tert-OH is 1. The van der Waals surface area contributed by atoms with E-state index in [4.69, 9.17) is 0 Å². The van der Waals surface area contributed by atoms with E-state index in [-0.39, 0.29) is 17.9 Å². The van der Waals surface area contributed by atoms with Crippen molar-refractivity contribution in [2.45, 2.75) is 51.7 Å². The zero-order chi connectivity index (χ0) is 12.0. The number of nitrogens with one attached hydrogen (secondary N) is 2. The minimum atomic E-state index is -0.0984. The minimum absolute atomic E-state index is 0.0600. The van der Waals surface area contributed by atoms with Gasteiger partial charge < -0.3 is 15.7 Å². The zero-order valence-electron chi connectivity index (χ0n) is 10.3. The Balaban J connectivity index is 2.01. The van der Waals surface area contributed by atoms with Gasteiger partial charge in [0.25, 0.3) is 0 Å². The van der Waals surface area contributed by atoms with Crippen molar-refractivity contribution in [2.75, 3.05) is 13.1 Å². The van der Waals surface area contributed by atoms with Gasteiger partial charge in [0.2, 0.25) is 5.91 Å². The fourth-order valence-electron chi connectivity index (χ4n) is 1.95. The SMILES string of the molecule is CC(C)C(=O)NCCNC1CCC(O)CC1. The lowest BCUT2D eigenvalue weighted by Gasteiger charge is -2.26. The van der Waals surface area contributed by atoms with Crippen LogP contribution in [-0.4, -0.2) is 36.2 Å². The molecule has 0 atom stereocenters. The molecule has 3 N–H and O–H groups in total. The Hall–Kier alpha value is -0.610. The summed E-state index contributed by atoms with van der Waals surface area (Å²) in [6.07, 6.45) is 3.78. The maximum atomic E-state index is 11.3. The topological polar surface area (TPSA) is 61.4 Å². The van der Waals surface area contributed by atoms with Crippen molar-refractivity contribution in [2.24, 2.45) is 5.92 Å². The normalized spacial score (nSPS) is 25.8. The molecule has 1 aliphatic carbocycles. The van der Waals surface area contributed by atoms with E-state index in [0.29, 0.717) is 12.6 Å². The van der Waals surface area contributed by atoms with E-state index in [9.17, 15) is 9.90 Å². The van der Waals surface area contributed by atoms with Gasteiger partial charge in [-0.05, 0) is 25.7 Å². The largest absolute Gasteiger partial charge is 0.393 e. The number of hydrogen-bond donors (Lipinski definition) is 3. The van der Waals surface area contributed by atoms with Crippen molar-refractivity contribution in [3.8, 4) is 0 Å². The molecule has 1 fully saturated rings. The molecule has 16 heavy (non-hydrogen) atoms. The van der Waals surface area contributed by atoms with Gasteiger partial charge in [-0.2, -0.15) is 0 Å². The summed E-state index contributed by atoms with van der Waals surface area (Å²) in [5.41, 5.74) is 0. The van der Waals surface area contributed by atoms with Crippen LogP contribution in [0.2, 0.25) is 0 Å². The zero-order valence-corrected chi connectivity index (χ0v) is 10.3. The summed E-state index contributed by atoms with van der Waals surface area (Å²) in [7, 11) is 0. The van der Waals surface area contributed by atoms with Crippen molar-refractivity contribution in [3.05, 3.63) is 0 Å². The molecule has 0 saturated heterocycles. The van der Waals surface area contributed by atoms with Crippen LogP contribution >= 0.6 is 0 Å². The highest BCUT2D eigenvalue weighted by Crippen LogP contribution is 2.17. The van der Waals surface area contributed by atoms with Crippen LogP contribution in [0.15, 0.2) is 0 Å². The highest BCUT2D eigenvalue weighted by molar-refractivity contribution is 5.77. The van der Waals surface area contributed by atoms with Crippen molar-refractivity contribution < 1.29 is 9.90 Å². The fraction of sp³-hybridized carbons (Fsp3) is 0.917. The third-order valence-corrected chi connectivity index (χ3v) is 3.08. The van der Waals surface area contributed by atoms with Crippen LogP contribution < -0.4 is 10.6 Å². The van der Waals surface area contributed by atoms with Crippen LogP contribution in [-0.2, 0) is 4.79 Å². The first kappa shape index (κ1) is 13.5. The second-order valence-electron chi connectivity index (χ2n) is 4.91. The third kappa shape index (κ3) is 4.94. The Morgan fingerprint density at radius 2 is 1.88 bits per heavy atom. The Morgan fingerprint density at radius 3 is 2.44 bits per heavy atom. The number of rotatable bonds is 5. The average molecular weight is 228 g/mol. The van der Waals surface area contributed by atoms with Gasteiger partial charge in [-0.25, -0.2) is 0 Å². The van der Waals surface area contributed by atoms with Gasteiger partial charge >= 0.3 is 0 Å². The number of amides is 1. The summed E-state index contributed by atoms with van der Waals surface area (Å²) < 4.78 is 0. The Bertz CT molecular complexity index is 211. The van der Waals surface area contributed by atoms with Crippen molar-refractivity contribution in [1.29, 1.82) is 0 Å². The molecule has 0 heterocycles. The van der Waals surface area contributed by atoms with Crippen LogP contribution in [0.3, 0.4) is 0 Å². The molecular formula is C12H24N2O2. The standard InChI is InChI=1S/C12H24N2O2/c1-9(2)12(16)14-8-7-13-10-3-5-11(15)6-4-10/h9-11,13,15H,3-8H2,1-2H3,(H,14,16). The maximum absolute atomic E-state index is 11.3. The monoisotopic (exact) mass is 228 g/mol. The van der Waals surface area contributed by atoms with Crippen LogP contribution in [0, 0.1) is 5.92 Å². The second-order valence-corrected chi connectivity index (χ2v) is 4.91. The van der Waals surface area contributed by atoms with Gasteiger partial charge in [0.15, 0.2) is 0 Å². The summed E-state index contributed by atoms with van der Waals surface area (Å²) in [6, 6.07) is 0.513. The molecule has 4 nitrogen and oxygen atoms in total. The molecule has 4 heteroatoms. The van der Waals surface area contributed by atoms with Crippen LogP contribution in [0.1, 0.15) is 39.5 Å². The fourth-order valence-corrected chi connectivity index (χ4v) is 1.95. The molecule has 0 bridgehead atoms. The van der Waals surface area contributed by atoms with E-state index in [1.54, 1.807) is 0 Å². The third-order valence-electron chi connectivity index (χ3n) is 3.08. The first-order valence-electron chi connectivity index (χ1n) is 6.28. The molecule has 1 amide bonds. The number of carbonyl (C=O) groups excluding carboxylic acids is 1. The molecule has 0 aromatic rings. The summed E-state index contributed by atoms with van der Waals surface area (Å²) in [5, 5.41) is 15.6. The highest BCUT2D eigenvalue weighted by Gasteiger charge is 2.18. The molecule has 1 saturated carbocycles. The molecule has 0 aliphatic heterocycles. The lowest BCUT2D eigenvalue weighted by molar-refractivity contribution is -0.123. The van der Waals surface area contributed by atoms with Crippen LogP contribution in [0.5, 0.6) is 0 Å².